The molecule has 0 saturated carbocycles. The average Bonchev–Trinajstić information content (AvgIpc) is 2.49. The molecule has 0 bridgehead atoms. The molecular weight excluding hydrogens is 250 g/mol. The third-order valence-electron chi connectivity index (χ3n) is 2.97. The quantitative estimate of drug-likeness (QED) is 0.818. The SMILES string of the molecule is CCOC(=O)[C@H](Cc1ccccc1)Nc1ccccc1. The van der Waals surface area contributed by atoms with Crippen LogP contribution in [-0.4, -0.2) is 18.6 Å². The second-order valence-electron chi connectivity index (χ2n) is 4.50. The van der Waals surface area contributed by atoms with Gasteiger partial charge in [0.25, 0.3) is 0 Å². The topological polar surface area (TPSA) is 38.3 Å². The number of carbonyl (C=O) groups excluding carboxylic acids is 1. The van der Waals surface area contributed by atoms with E-state index in [1.807, 2.05) is 67.6 Å². The number of carbonyl (C=O) groups is 1. The van der Waals surface area contributed by atoms with E-state index in [2.05, 4.69) is 5.32 Å². The molecule has 0 aliphatic heterocycles. The number of benzene rings is 2. The minimum atomic E-state index is -0.375. The van der Waals surface area contributed by atoms with Gasteiger partial charge in [0, 0.05) is 12.1 Å². The smallest absolute Gasteiger partial charge is 0.328 e. The number of rotatable bonds is 6. The number of esters is 1. The van der Waals surface area contributed by atoms with Gasteiger partial charge in [0.2, 0.25) is 0 Å². The minimum absolute atomic E-state index is 0.222. The molecule has 1 atom stereocenters. The first-order valence-corrected chi connectivity index (χ1v) is 6.81. The lowest BCUT2D eigenvalue weighted by Gasteiger charge is -2.18. The summed E-state index contributed by atoms with van der Waals surface area (Å²) in [6, 6.07) is 19.3. The summed E-state index contributed by atoms with van der Waals surface area (Å²) in [7, 11) is 0. The van der Waals surface area contributed by atoms with Crippen molar-refractivity contribution >= 4 is 11.7 Å². The van der Waals surface area contributed by atoms with E-state index in [4.69, 9.17) is 4.74 Å². The monoisotopic (exact) mass is 269 g/mol. The predicted molar refractivity (Wildman–Crippen MR) is 80.6 cm³/mol. The van der Waals surface area contributed by atoms with Gasteiger partial charge < -0.3 is 10.1 Å². The number of hydrogen-bond acceptors (Lipinski definition) is 3. The molecule has 2 aromatic carbocycles. The highest BCUT2D eigenvalue weighted by Crippen LogP contribution is 2.12. The highest BCUT2D eigenvalue weighted by molar-refractivity contribution is 5.79. The molecule has 0 radical (unpaired) electrons. The van der Waals surface area contributed by atoms with Gasteiger partial charge in [0.15, 0.2) is 0 Å². The molecule has 3 nitrogen and oxygen atoms in total. The maximum atomic E-state index is 12.1. The van der Waals surface area contributed by atoms with E-state index in [9.17, 15) is 4.79 Å². The molecule has 1 N–H and O–H groups in total. The van der Waals surface area contributed by atoms with Crippen LogP contribution in [0.15, 0.2) is 60.7 Å². The van der Waals surface area contributed by atoms with Gasteiger partial charge in [-0.15, -0.1) is 0 Å². The molecule has 3 heteroatoms. The van der Waals surface area contributed by atoms with Crippen molar-refractivity contribution in [2.45, 2.75) is 19.4 Å². The summed E-state index contributed by atoms with van der Waals surface area (Å²) in [6.45, 7) is 2.21. The van der Waals surface area contributed by atoms with Crippen LogP contribution in [0.2, 0.25) is 0 Å². The molecule has 0 heterocycles. The molecule has 0 unspecified atom stereocenters. The number of para-hydroxylation sites is 1. The standard InChI is InChI=1S/C17H19NO2/c1-2-20-17(19)16(13-14-9-5-3-6-10-14)18-15-11-7-4-8-12-15/h3-12,16,18H,2,13H2,1H3/t16-/m0/s1. The Kier molecular flexibility index (Phi) is 5.18. The van der Waals surface area contributed by atoms with Gasteiger partial charge in [-0.2, -0.15) is 0 Å². The van der Waals surface area contributed by atoms with Gasteiger partial charge in [0.05, 0.1) is 6.61 Å². The van der Waals surface area contributed by atoms with Crippen LogP contribution in [0.5, 0.6) is 0 Å². The number of nitrogens with one attached hydrogen (secondary N) is 1. The fraction of sp³-hybridized carbons (Fsp3) is 0.235. The van der Waals surface area contributed by atoms with Crippen molar-refractivity contribution in [2.24, 2.45) is 0 Å². The second kappa shape index (κ2) is 7.34. The Bertz CT molecular complexity index is 484. The van der Waals surface area contributed by atoms with E-state index in [0.717, 1.165) is 11.3 Å². The highest BCUT2D eigenvalue weighted by atomic mass is 16.5. The predicted octanol–water partition coefficient (Wildman–Crippen LogP) is 3.27. The second-order valence-corrected chi connectivity index (χ2v) is 4.50. The molecule has 2 aromatic rings. The Labute approximate surface area is 119 Å². The molecule has 0 saturated heterocycles. The zero-order valence-electron chi connectivity index (χ0n) is 11.6. The highest BCUT2D eigenvalue weighted by Gasteiger charge is 2.19. The molecule has 104 valence electrons. The molecule has 0 fully saturated rings. The van der Waals surface area contributed by atoms with Gasteiger partial charge in [-0.1, -0.05) is 48.5 Å². The molecular formula is C17H19NO2. The number of hydrogen-bond donors (Lipinski definition) is 1. The first-order valence-electron chi connectivity index (χ1n) is 6.81. The Hall–Kier alpha value is -2.29. The van der Waals surface area contributed by atoms with Crippen molar-refractivity contribution in [3.63, 3.8) is 0 Å². The van der Waals surface area contributed by atoms with Crippen LogP contribution < -0.4 is 5.32 Å². The van der Waals surface area contributed by atoms with Crippen LogP contribution in [0.3, 0.4) is 0 Å². The summed E-state index contributed by atoms with van der Waals surface area (Å²) in [5, 5.41) is 3.24. The lowest BCUT2D eigenvalue weighted by molar-refractivity contribution is -0.144. The lowest BCUT2D eigenvalue weighted by Crippen LogP contribution is -2.33. The third kappa shape index (κ3) is 4.12. The number of anilines is 1. The zero-order chi connectivity index (χ0) is 14.2. The Morgan fingerprint density at radius 1 is 1.05 bits per heavy atom. The van der Waals surface area contributed by atoms with E-state index in [1.54, 1.807) is 0 Å². The minimum Gasteiger partial charge on any atom is -0.464 e. The molecule has 0 amide bonds. The summed E-state index contributed by atoms with van der Waals surface area (Å²) in [5.41, 5.74) is 2.02. The van der Waals surface area contributed by atoms with Crippen molar-refractivity contribution in [3.05, 3.63) is 66.2 Å². The van der Waals surface area contributed by atoms with Crippen LogP contribution in [0.25, 0.3) is 0 Å². The molecule has 0 aromatic heterocycles. The average molecular weight is 269 g/mol. The van der Waals surface area contributed by atoms with Crippen molar-refractivity contribution in [1.82, 2.24) is 0 Å². The first-order chi connectivity index (χ1) is 9.79. The summed E-state index contributed by atoms with van der Waals surface area (Å²) >= 11 is 0. The lowest BCUT2D eigenvalue weighted by atomic mass is 10.1. The molecule has 0 aliphatic rings. The van der Waals surface area contributed by atoms with E-state index >= 15 is 0 Å². The maximum absolute atomic E-state index is 12.1. The summed E-state index contributed by atoms with van der Waals surface area (Å²) < 4.78 is 5.15. The fourth-order valence-corrected chi connectivity index (χ4v) is 2.02. The Balaban J connectivity index is 2.10. The molecule has 0 aliphatic carbocycles. The van der Waals surface area contributed by atoms with Crippen LogP contribution >= 0.6 is 0 Å². The molecule has 20 heavy (non-hydrogen) atoms. The molecule has 0 spiro atoms. The van der Waals surface area contributed by atoms with Crippen LogP contribution in [0, 0.1) is 0 Å². The maximum Gasteiger partial charge on any atom is 0.328 e. The van der Waals surface area contributed by atoms with Gasteiger partial charge in [-0.3, -0.25) is 0 Å². The Morgan fingerprint density at radius 2 is 1.65 bits per heavy atom. The number of ether oxygens (including phenoxy) is 1. The summed E-state index contributed by atoms with van der Waals surface area (Å²) in [4.78, 5) is 12.1. The van der Waals surface area contributed by atoms with Crippen molar-refractivity contribution in [2.75, 3.05) is 11.9 Å². The van der Waals surface area contributed by atoms with Crippen molar-refractivity contribution in [1.29, 1.82) is 0 Å². The van der Waals surface area contributed by atoms with Gasteiger partial charge in [-0.05, 0) is 24.6 Å². The Morgan fingerprint density at radius 3 is 2.25 bits per heavy atom. The van der Waals surface area contributed by atoms with Gasteiger partial charge in [-0.25, -0.2) is 4.79 Å². The normalized spacial score (nSPS) is 11.7. The van der Waals surface area contributed by atoms with E-state index in [0.29, 0.717) is 13.0 Å². The molecule has 2 rings (SSSR count). The fourth-order valence-electron chi connectivity index (χ4n) is 2.02. The third-order valence-corrected chi connectivity index (χ3v) is 2.97. The largest absolute Gasteiger partial charge is 0.464 e. The first kappa shape index (κ1) is 14.1. The van der Waals surface area contributed by atoms with Crippen LogP contribution in [-0.2, 0) is 16.0 Å². The van der Waals surface area contributed by atoms with Crippen molar-refractivity contribution < 1.29 is 9.53 Å². The van der Waals surface area contributed by atoms with Crippen molar-refractivity contribution in [3.8, 4) is 0 Å². The van der Waals surface area contributed by atoms with Gasteiger partial charge in [0.1, 0.15) is 6.04 Å². The van der Waals surface area contributed by atoms with Crippen LogP contribution in [0.1, 0.15) is 12.5 Å². The summed E-state index contributed by atoms with van der Waals surface area (Å²) in [6.07, 6.45) is 0.606. The van der Waals surface area contributed by atoms with E-state index in [1.165, 1.54) is 0 Å². The summed E-state index contributed by atoms with van der Waals surface area (Å²) in [5.74, 6) is -0.222. The van der Waals surface area contributed by atoms with Gasteiger partial charge >= 0.3 is 5.97 Å². The van der Waals surface area contributed by atoms with E-state index in [-0.39, 0.29) is 12.0 Å². The van der Waals surface area contributed by atoms with Crippen LogP contribution in [0.4, 0.5) is 5.69 Å². The van der Waals surface area contributed by atoms with E-state index < -0.39 is 0 Å². The zero-order valence-corrected chi connectivity index (χ0v) is 11.6.